The zero-order valence-electron chi connectivity index (χ0n) is 13.5. The summed E-state index contributed by atoms with van der Waals surface area (Å²) >= 11 is 0. The highest BCUT2D eigenvalue weighted by Crippen LogP contribution is 2.19. The van der Waals surface area contributed by atoms with E-state index in [2.05, 4.69) is 15.0 Å². The van der Waals surface area contributed by atoms with Crippen LogP contribution >= 0.6 is 0 Å². The molecule has 1 unspecified atom stereocenters. The van der Waals surface area contributed by atoms with Crippen LogP contribution in [0.3, 0.4) is 0 Å². The number of hydrogen-bond acceptors (Lipinski definition) is 4. The number of carbonyl (C=O) groups excluding carboxylic acids is 1. The number of anilines is 1. The first-order chi connectivity index (χ1) is 11.5. The Morgan fingerprint density at radius 3 is 2.46 bits per heavy atom. The van der Waals surface area contributed by atoms with E-state index in [0.717, 1.165) is 5.56 Å². The minimum Gasteiger partial charge on any atom is -0.354 e. The molecule has 0 spiro atoms. The summed E-state index contributed by atoms with van der Waals surface area (Å²) in [5.41, 5.74) is 0.923. The predicted octanol–water partition coefficient (Wildman–Crippen LogP) is 2.13. The Hall–Kier alpha value is -2.41. The first kappa shape index (κ1) is 17.9. The predicted molar refractivity (Wildman–Crippen MR) is 94.1 cm³/mol. The Morgan fingerprint density at radius 1 is 1.12 bits per heavy atom. The van der Waals surface area contributed by atoms with Gasteiger partial charge in [0.1, 0.15) is 5.82 Å². The van der Waals surface area contributed by atoms with Crippen LogP contribution in [0.1, 0.15) is 24.8 Å². The molecule has 0 aliphatic heterocycles. The second-order valence-electron chi connectivity index (χ2n) is 5.30. The molecule has 24 heavy (non-hydrogen) atoms. The van der Waals surface area contributed by atoms with E-state index >= 15 is 0 Å². The van der Waals surface area contributed by atoms with Gasteiger partial charge in [0.2, 0.25) is 15.9 Å². The summed E-state index contributed by atoms with van der Waals surface area (Å²) in [6.07, 6.45) is 2.15. The van der Waals surface area contributed by atoms with Crippen LogP contribution in [-0.2, 0) is 14.8 Å². The normalized spacial score (nSPS) is 12.4. The van der Waals surface area contributed by atoms with Crippen molar-refractivity contribution in [3.05, 3.63) is 60.3 Å². The number of nitrogens with zero attached hydrogens (tertiary/aromatic N) is 1. The quantitative estimate of drug-likeness (QED) is 0.766. The van der Waals surface area contributed by atoms with Crippen molar-refractivity contribution < 1.29 is 13.2 Å². The topological polar surface area (TPSA) is 88.2 Å². The molecule has 1 atom stereocenters. The summed E-state index contributed by atoms with van der Waals surface area (Å²) < 4.78 is 26.4. The average Bonchev–Trinajstić information content (AvgIpc) is 2.57. The molecule has 1 heterocycles. The SMILES string of the molecule is CCC(C(=O)NCCS(=O)(=O)Nc1ccccn1)c1ccccc1. The summed E-state index contributed by atoms with van der Waals surface area (Å²) in [4.78, 5) is 16.2. The molecule has 7 heteroatoms. The van der Waals surface area contributed by atoms with Crippen LogP contribution in [0.25, 0.3) is 0 Å². The third-order valence-electron chi connectivity index (χ3n) is 3.52. The van der Waals surface area contributed by atoms with Gasteiger partial charge < -0.3 is 5.32 Å². The van der Waals surface area contributed by atoms with Crippen molar-refractivity contribution in [1.82, 2.24) is 10.3 Å². The molecule has 6 nitrogen and oxygen atoms in total. The molecule has 2 aromatic rings. The van der Waals surface area contributed by atoms with E-state index in [-0.39, 0.29) is 29.9 Å². The molecule has 0 saturated carbocycles. The number of rotatable bonds is 8. The molecular formula is C17H21N3O3S. The zero-order chi connectivity index (χ0) is 17.4. The Labute approximate surface area is 142 Å². The molecule has 0 aliphatic carbocycles. The summed E-state index contributed by atoms with van der Waals surface area (Å²) in [5.74, 6) is -0.394. The molecule has 0 aliphatic rings. The Morgan fingerprint density at radius 2 is 1.83 bits per heavy atom. The first-order valence-electron chi connectivity index (χ1n) is 7.76. The molecule has 2 rings (SSSR count). The Kier molecular flexibility index (Phi) is 6.31. The van der Waals surface area contributed by atoms with Crippen LogP contribution in [0, 0.1) is 0 Å². The third-order valence-corrected chi connectivity index (χ3v) is 4.78. The molecule has 1 aromatic carbocycles. The highest BCUT2D eigenvalue weighted by atomic mass is 32.2. The van der Waals surface area contributed by atoms with Crippen LogP contribution < -0.4 is 10.0 Å². The fourth-order valence-electron chi connectivity index (χ4n) is 2.32. The lowest BCUT2D eigenvalue weighted by atomic mass is 9.96. The van der Waals surface area contributed by atoms with E-state index in [0.29, 0.717) is 6.42 Å². The maximum Gasteiger partial charge on any atom is 0.235 e. The van der Waals surface area contributed by atoms with Gasteiger partial charge in [0.15, 0.2) is 0 Å². The maximum absolute atomic E-state index is 12.3. The third kappa shape index (κ3) is 5.34. The van der Waals surface area contributed by atoms with Crippen molar-refractivity contribution in [2.24, 2.45) is 0 Å². The molecule has 0 fully saturated rings. The van der Waals surface area contributed by atoms with Gasteiger partial charge in [-0.25, -0.2) is 13.4 Å². The molecule has 0 bridgehead atoms. The van der Waals surface area contributed by atoms with Crippen LogP contribution in [0.4, 0.5) is 5.82 Å². The highest BCUT2D eigenvalue weighted by Gasteiger charge is 2.19. The van der Waals surface area contributed by atoms with Gasteiger partial charge in [-0.3, -0.25) is 9.52 Å². The van der Waals surface area contributed by atoms with Crippen molar-refractivity contribution in [2.45, 2.75) is 19.3 Å². The minimum absolute atomic E-state index is 0.0460. The lowest BCUT2D eigenvalue weighted by molar-refractivity contribution is -0.122. The van der Waals surface area contributed by atoms with Gasteiger partial charge in [-0.2, -0.15) is 0 Å². The number of carbonyl (C=O) groups is 1. The van der Waals surface area contributed by atoms with Crippen molar-refractivity contribution >= 4 is 21.7 Å². The maximum atomic E-state index is 12.3. The summed E-state index contributed by atoms with van der Waals surface area (Å²) in [6, 6.07) is 14.4. The number of pyridine rings is 1. The van der Waals surface area contributed by atoms with Gasteiger partial charge in [0.05, 0.1) is 11.7 Å². The number of sulfonamides is 1. The Bertz CT molecular complexity index is 749. The molecular weight excluding hydrogens is 326 g/mol. The fraction of sp³-hybridized carbons (Fsp3) is 0.294. The lowest BCUT2D eigenvalue weighted by Crippen LogP contribution is -2.34. The number of aromatic nitrogens is 1. The van der Waals surface area contributed by atoms with Crippen LogP contribution in [0.15, 0.2) is 54.7 Å². The molecule has 0 saturated heterocycles. The van der Waals surface area contributed by atoms with E-state index in [1.165, 1.54) is 6.20 Å². The second-order valence-corrected chi connectivity index (χ2v) is 7.14. The minimum atomic E-state index is -3.55. The monoisotopic (exact) mass is 347 g/mol. The number of amides is 1. The van der Waals surface area contributed by atoms with Crippen molar-refractivity contribution in [3.8, 4) is 0 Å². The van der Waals surface area contributed by atoms with Gasteiger partial charge in [-0.15, -0.1) is 0 Å². The summed E-state index contributed by atoms with van der Waals surface area (Å²) in [5, 5.41) is 2.70. The summed E-state index contributed by atoms with van der Waals surface area (Å²) in [7, 11) is -3.55. The van der Waals surface area contributed by atoms with Crippen LogP contribution in [-0.4, -0.2) is 31.6 Å². The van der Waals surface area contributed by atoms with E-state index in [1.54, 1.807) is 18.2 Å². The summed E-state index contributed by atoms with van der Waals surface area (Å²) in [6.45, 7) is 1.97. The van der Waals surface area contributed by atoms with Crippen LogP contribution in [0.2, 0.25) is 0 Å². The second kappa shape index (κ2) is 8.44. The number of benzene rings is 1. The van der Waals surface area contributed by atoms with Crippen molar-refractivity contribution in [1.29, 1.82) is 0 Å². The molecule has 1 amide bonds. The average molecular weight is 347 g/mol. The van der Waals surface area contributed by atoms with E-state index in [9.17, 15) is 13.2 Å². The van der Waals surface area contributed by atoms with Gasteiger partial charge in [-0.1, -0.05) is 43.3 Å². The molecule has 128 valence electrons. The van der Waals surface area contributed by atoms with Crippen LogP contribution in [0.5, 0.6) is 0 Å². The lowest BCUT2D eigenvalue weighted by Gasteiger charge is -2.15. The van der Waals surface area contributed by atoms with Gasteiger partial charge in [0.25, 0.3) is 0 Å². The van der Waals surface area contributed by atoms with Crippen molar-refractivity contribution in [3.63, 3.8) is 0 Å². The number of nitrogens with one attached hydrogen (secondary N) is 2. The standard InChI is InChI=1S/C17H21N3O3S/c1-2-15(14-8-4-3-5-9-14)17(21)19-12-13-24(22,23)20-16-10-6-7-11-18-16/h3-11,15H,2,12-13H2,1H3,(H,18,20)(H,19,21). The highest BCUT2D eigenvalue weighted by molar-refractivity contribution is 7.92. The Balaban J connectivity index is 1.87. The molecule has 2 N–H and O–H groups in total. The van der Waals surface area contributed by atoms with E-state index in [4.69, 9.17) is 0 Å². The van der Waals surface area contributed by atoms with E-state index < -0.39 is 10.0 Å². The van der Waals surface area contributed by atoms with Gasteiger partial charge >= 0.3 is 0 Å². The fourth-order valence-corrected chi connectivity index (χ4v) is 3.24. The smallest absolute Gasteiger partial charge is 0.235 e. The molecule has 0 radical (unpaired) electrons. The van der Waals surface area contributed by atoms with Crippen molar-refractivity contribution in [2.75, 3.05) is 17.0 Å². The largest absolute Gasteiger partial charge is 0.354 e. The van der Waals surface area contributed by atoms with E-state index in [1.807, 2.05) is 37.3 Å². The van der Waals surface area contributed by atoms with Gasteiger partial charge in [0, 0.05) is 12.7 Å². The molecule has 1 aromatic heterocycles. The zero-order valence-corrected chi connectivity index (χ0v) is 14.3. The van der Waals surface area contributed by atoms with Gasteiger partial charge in [-0.05, 0) is 24.1 Å². The first-order valence-corrected chi connectivity index (χ1v) is 9.41. The number of hydrogen-bond donors (Lipinski definition) is 2.